The fourth-order valence-corrected chi connectivity index (χ4v) is 4.62. The molecule has 6 nitrogen and oxygen atoms in total. The molecule has 0 saturated heterocycles. The Morgan fingerprint density at radius 1 is 1.03 bits per heavy atom. The van der Waals surface area contributed by atoms with E-state index in [0.717, 1.165) is 16.7 Å². The Morgan fingerprint density at radius 2 is 1.60 bits per heavy atom. The third-order valence-corrected chi connectivity index (χ3v) is 6.34. The summed E-state index contributed by atoms with van der Waals surface area (Å²) in [6, 6.07) is 7.07. The number of aromatic nitrogens is 1. The van der Waals surface area contributed by atoms with Gasteiger partial charge >= 0.3 is 6.16 Å². The number of benzene rings is 2. The molecule has 0 bridgehead atoms. The summed E-state index contributed by atoms with van der Waals surface area (Å²) in [5.74, 6) is 0.364. The average molecular weight is 520 g/mol. The number of halogens is 2. The van der Waals surface area contributed by atoms with Crippen molar-refractivity contribution in [1.82, 2.24) is 4.98 Å². The Bertz CT molecular complexity index is 1220. The molecule has 1 aromatic heterocycles. The van der Waals surface area contributed by atoms with E-state index in [-0.39, 0.29) is 27.4 Å². The summed E-state index contributed by atoms with van der Waals surface area (Å²) < 4.78 is 15.7. The van der Waals surface area contributed by atoms with Crippen LogP contribution in [0.15, 0.2) is 35.1 Å². The number of oxazole rings is 1. The van der Waals surface area contributed by atoms with Crippen LogP contribution in [0.3, 0.4) is 0 Å². The molecule has 0 aliphatic rings. The van der Waals surface area contributed by atoms with Crippen molar-refractivity contribution in [2.24, 2.45) is 0 Å². The maximum atomic E-state index is 12.1. The van der Waals surface area contributed by atoms with Crippen LogP contribution in [0.5, 0.6) is 11.5 Å². The second kappa shape index (κ2) is 9.75. The van der Waals surface area contributed by atoms with Crippen molar-refractivity contribution in [3.63, 3.8) is 0 Å². The quantitative estimate of drug-likeness (QED) is 0.278. The van der Waals surface area contributed by atoms with Crippen LogP contribution in [0, 0.1) is 6.92 Å². The van der Waals surface area contributed by atoms with Gasteiger partial charge in [-0.15, -0.1) is 0 Å². The minimum absolute atomic E-state index is 0.109. The summed E-state index contributed by atoms with van der Waals surface area (Å²) in [6.45, 7) is 14.0. The van der Waals surface area contributed by atoms with Gasteiger partial charge < -0.3 is 19.0 Å². The van der Waals surface area contributed by atoms with Crippen LogP contribution in [0.1, 0.15) is 81.2 Å². The molecule has 0 fully saturated rings. The monoisotopic (exact) mass is 519 g/mol. The van der Waals surface area contributed by atoms with Gasteiger partial charge in [0.25, 0.3) is 0 Å². The zero-order valence-electron chi connectivity index (χ0n) is 21.2. The number of hydrogen-bond donors (Lipinski definition) is 1. The van der Waals surface area contributed by atoms with Crippen molar-refractivity contribution in [3.05, 3.63) is 74.4 Å². The molecule has 1 heterocycles. The van der Waals surface area contributed by atoms with E-state index >= 15 is 0 Å². The van der Waals surface area contributed by atoms with E-state index < -0.39 is 12.1 Å². The number of rotatable bonds is 4. The van der Waals surface area contributed by atoms with Gasteiger partial charge in [-0.05, 0) is 46.6 Å². The summed E-state index contributed by atoms with van der Waals surface area (Å²) in [5.41, 5.74) is 2.74. The minimum Gasteiger partial charge on any atom is -0.507 e. The van der Waals surface area contributed by atoms with Crippen molar-refractivity contribution in [3.8, 4) is 11.5 Å². The third-order valence-electron chi connectivity index (χ3n) is 5.84. The molecule has 188 valence electrons. The SMILES string of the molecule is COC(=O)Oc1c(Cl)cc(Cl)cc1C(c1cc(C(C)(C)C)c(O)c(C(C)(C)C)c1)c1ncoc1C. The summed E-state index contributed by atoms with van der Waals surface area (Å²) in [4.78, 5) is 16.6. The number of ether oxygens (including phenoxy) is 2. The normalized spacial score (nSPS) is 13.0. The lowest BCUT2D eigenvalue weighted by Crippen LogP contribution is -2.19. The first-order valence-corrected chi connectivity index (χ1v) is 11.9. The fourth-order valence-electron chi connectivity index (χ4n) is 4.07. The maximum absolute atomic E-state index is 12.1. The van der Waals surface area contributed by atoms with E-state index in [9.17, 15) is 9.90 Å². The Balaban J connectivity index is 2.44. The van der Waals surface area contributed by atoms with Crippen molar-refractivity contribution < 1.29 is 23.8 Å². The van der Waals surface area contributed by atoms with Gasteiger partial charge in [0.05, 0.1) is 23.7 Å². The molecular weight excluding hydrogens is 489 g/mol. The number of carbonyl (C=O) groups is 1. The second-order valence-corrected chi connectivity index (χ2v) is 11.4. The molecule has 3 rings (SSSR count). The van der Waals surface area contributed by atoms with Crippen LogP contribution in [0.25, 0.3) is 0 Å². The van der Waals surface area contributed by atoms with Gasteiger partial charge in [0, 0.05) is 10.6 Å². The predicted molar refractivity (Wildman–Crippen MR) is 137 cm³/mol. The smallest absolute Gasteiger partial charge is 0.507 e. The van der Waals surface area contributed by atoms with Crippen LogP contribution < -0.4 is 4.74 Å². The molecule has 3 aromatic rings. The number of methoxy groups -OCH3 is 1. The van der Waals surface area contributed by atoms with Crippen LogP contribution in [0.4, 0.5) is 4.79 Å². The highest BCUT2D eigenvalue weighted by atomic mass is 35.5. The molecule has 0 saturated carbocycles. The molecule has 0 radical (unpaired) electrons. The summed E-state index contributed by atoms with van der Waals surface area (Å²) in [7, 11) is 1.22. The van der Waals surface area contributed by atoms with Gasteiger partial charge in [0.1, 0.15) is 11.5 Å². The second-order valence-electron chi connectivity index (χ2n) is 10.6. The van der Waals surface area contributed by atoms with Gasteiger partial charge in [-0.25, -0.2) is 9.78 Å². The fraction of sp³-hybridized carbons (Fsp3) is 0.407. The number of phenols is 1. The molecule has 2 aromatic carbocycles. The van der Waals surface area contributed by atoms with E-state index in [4.69, 9.17) is 37.1 Å². The van der Waals surface area contributed by atoms with Gasteiger partial charge in [-0.3, -0.25) is 0 Å². The van der Waals surface area contributed by atoms with Crippen LogP contribution in [0.2, 0.25) is 10.0 Å². The topological polar surface area (TPSA) is 81.8 Å². The highest BCUT2D eigenvalue weighted by Gasteiger charge is 2.33. The minimum atomic E-state index is -0.914. The summed E-state index contributed by atoms with van der Waals surface area (Å²) in [6.07, 6.45) is 0.447. The maximum Gasteiger partial charge on any atom is 0.513 e. The standard InChI is InChI=1S/C27H31Cl2NO5/c1-14-22(30-13-34-14)21(17-11-16(28)12-20(29)24(17)35-25(32)33-8)15-9-18(26(2,3)4)23(31)19(10-15)27(5,6)7/h9-13,21,31H,1-8H3. The van der Waals surface area contributed by atoms with E-state index in [0.29, 0.717) is 22.0 Å². The van der Waals surface area contributed by atoms with E-state index in [1.54, 1.807) is 13.0 Å². The highest BCUT2D eigenvalue weighted by molar-refractivity contribution is 6.35. The molecule has 0 amide bonds. The average Bonchev–Trinajstić information content (AvgIpc) is 3.15. The number of phenolic OH excluding ortho intramolecular Hbond substituents is 1. The Kier molecular flexibility index (Phi) is 7.49. The molecule has 1 atom stereocenters. The molecular formula is C27H31Cl2NO5. The lowest BCUT2D eigenvalue weighted by Gasteiger charge is -2.30. The Hall–Kier alpha value is -2.70. The number of aromatic hydroxyl groups is 1. The first kappa shape index (κ1) is 26.9. The van der Waals surface area contributed by atoms with E-state index in [1.165, 1.54) is 19.6 Å². The van der Waals surface area contributed by atoms with Gasteiger partial charge in [-0.1, -0.05) is 76.9 Å². The summed E-state index contributed by atoms with van der Waals surface area (Å²) in [5, 5.41) is 11.8. The molecule has 1 unspecified atom stereocenters. The van der Waals surface area contributed by atoms with Crippen molar-refractivity contribution in [2.75, 3.05) is 7.11 Å². The van der Waals surface area contributed by atoms with E-state index in [2.05, 4.69) is 4.98 Å². The van der Waals surface area contributed by atoms with E-state index in [1.807, 2.05) is 53.7 Å². The zero-order chi connectivity index (χ0) is 26.3. The Morgan fingerprint density at radius 3 is 2.06 bits per heavy atom. The van der Waals surface area contributed by atoms with Crippen molar-refractivity contribution in [1.29, 1.82) is 0 Å². The molecule has 0 aliphatic heterocycles. The lowest BCUT2D eigenvalue weighted by atomic mass is 9.75. The summed E-state index contributed by atoms with van der Waals surface area (Å²) >= 11 is 12.9. The molecule has 8 heteroatoms. The number of carbonyl (C=O) groups excluding carboxylic acids is 1. The lowest BCUT2D eigenvalue weighted by molar-refractivity contribution is 0.121. The van der Waals surface area contributed by atoms with Crippen LogP contribution >= 0.6 is 23.2 Å². The molecule has 0 aliphatic carbocycles. The predicted octanol–water partition coefficient (Wildman–Crippen LogP) is 7.92. The number of nitrogens with zero attached hydrogens (tertiary/aromatic N) is 1. The molecule has 1 N–H and O–H groups in total. The van der Waals surface area contributed by atoms with Crippen LogP contribution in [-0.4, -0.2) is 23.4 Å². The van der Waals surface area contributed by atoms with Gasteiger partial charge in [0.2, 0.25) is 0 Å². The third kappa shape index (κ3) is 5.60. The number of hydrogen-bond acceptors (Lipinski definition) is 6. The zero-order valence-corrected chi connectivity index (χ0v) is 22.8. The largest absolute Gasteiger partial charge is 0.513 e. The first-order chi connectivity index (χ1) is 16.1. The molecule has 0 spiro atoms. The van der Waals surface area contributed by atoms with Crippen molar-refractivity contribution >= 4 is 29.4 Å². The van der Waals surface area contributed by atoms with Crippen LogP contribution in [-0.2, 0) is 15.6 Å². The first-order valence-electron chi connectivity index (χ1n) is 11.2. The van der Waals surface area contributed by atoms with Gasteiger partial charge in [-0.2, -0.15) is 0 Å². The van der Waals surface area contributed by atoms with Crippen molar-refractivity contribution in [2.45, 2.75) is 65.2 Å². The van der Waals surface area contributed by atoms with Gasteiger partial charge in [0.15, 0.2) is 12.1 Å². The Labute approximate surface area is 216 Å². The highest BCUT2D eigenvalue weighted by Crippen LogP contribution is 2.47. The molecule has 35 heavy (non-hydrogen) atoms. The number of aryl methyl sites for hydroxylation is 1.